The van der Waals surface area contributed by atoms with Gasteiger partial charge in [-0.25, -0.2) is 14.4 Å². The third-order valence-electron chi connectivity index (χ3n) is 4.23. The van der Waals surface area contributed by atoms with Crippen molar-refractivity contribution in [2.75, 3.05) is 0 Å². The zero-order valence-corrected chi connectivity index (χ0v) is 15.4. The maximum absolute atomic E-state index is 12.6. The number of esters is 2. The van der Waals surface area contributed by atoms with Gasteiger partial charge in [-0.1, -0.05) is 42.5 Å². The normalized spacial score (nSPS) is 10.5. The Morgan fingerprint density at radius 1 is 0.700 bits per heavy atom. The van der Waals surface area contributed by atoms with Gasteiger partial charge in [0.05, 0.1) is 11.1 Å². The van der Waals surface area contributed by atoms with Crippen molar-refractivity contribution in [2.24, 2.45) is 0 Å². The fourth-order valence-corrected chi connectivity index (χ4v) is 2.82. The van der Waals surface area contributed by atoms with Crippen molar-refractivity contribution in [3.05, 3.63) is 100 Å². The lowest BCUT2D eigenvalue weighted by molar-refractivity contribution is 0.0678. The van der Waals surface area contributed by atoms with E-state index in [2.05, 4.69) is 0 Å². The summed E-state index contributed by atoms with van der Waals surface area (Å²) in [6.07, 6.45) is 0. The van der Waals surface area contributed by atoms with E-state index in [1.807, 2.05) is 0 Å². The molecule has 1 N–H and O–H groups in total. The van der Waals surface area contributed by atoms with Crippen molar-refractivity contribution in [3.8, 4) is 17.2 Å². The molecular weight excluding hydrogens is 388 g/mol. The van der Waals surface area contributed by atoms with Crippen molar-refractivity contribution < 1.29 is 28.6 Å². The Balaban J connectivity index is 1.84. The number of carbonyl (C=O) groups is 2. The van der Waals surface area contributed by atoms with Gasteiger partial charge in [-0.2, -0.15) is 0 Å². The molecule has 148 valence electrons. The number of hydrogen-bond acceptors (Lipinski definition) is 7. The van der Waals surface area contributed by atoms with Gasteiger partial charge in [-0.3, -0.25) is 0 Å². The number of rotatable bonds is 4. The molecule has 0 aliphatic carbocycles. The van der Waals surface area contributed by atoms with E-state index in [-0.39, 0.29) is 27.8 Å². The molecule has 0 saturated heterocycles. The fraction of sp³-hybridized carbons (Fsp3) is 0. The second kappa shape index (κ2) is 7.92. The Kier molecular flexibility index (Phi) is 5.00. The largest absolute Gasteiger partial charge is 0.507 e. The molecule has 1 aromatic heterocycles. The molecular formula is C23H14O7. The predicted molar refractivity (Wildman–Crippen MR) is 107 cm³/mol. The summed E-state index contributed by atoms with van der Waals surface area (Å²) in [4.78, 5) is 37.6. The number of fused-ring (bicyclic) bond motifs is 1. The monoisotopic (exact) mass is 402 g/mol. The van der Waals surface area contributed by atoms with Crippen molar-refractivity contribution in [1.29, 1.82) is 0 Å². The molecule has 4 aromatic rings. The van der Waals surface area contributed by atoms with Crippen LogP contribution in [0.2, 0.25) is 0 Å². The molecule has 4 rings (SSSR count). The van der Waals surface area contributed by atoms with E-state index in [4.69, 9.17) is 13.9 Å². The highest BCUT2D eigenvalue weighted by Gasteiger charge is 2.25. The lowest BCUT2D eigenvalue weighted by Gasteiger charge is -2.12. The van der Waals surface area contributed by atoms with Crippen LogP contribution in [0.3, 0.4) is 0 Å². The molecule has 0 saturated carbocycles. The fourth-order valence-electron chi connectivity index (χ4n) is 2.82. The van der Waals surface area contributed by atoms with Crippen LogP contribution >= 0.6 is 0 Å². The number of phenols is 1. The molecule has 0 bridgehead atoms. The van der Waals surface area contributed by atoms with Crippen molar-refractivity contribution in [2.45, 2.75) is 0 Å². The van der Waals surface area contributed by atoms with Crippen LogP contribution in [0.4, 0.5) is 0 Å². The van der Waals surface area contributed by atoms with Crippen molar-refractivity contribution >= 4 is 22.9 Å². The second-order valence-corrected chi connectivity index (χ2v) is 6.21. The van der Waals surface area contributed by atoms with Crippen LogP contribution in [0.15, 0.2) is 88.1 Å². The van der Waals surface area contributed by atoms with Crippen LogP contribution in [0.25, 0.3) is 11.0 Å². The number of phenolic OH excluding ortho intramolecular Hbond substituents is 1. The van der Waals surface area contributed by atoms with Crippen LogP contribution in [0.5, 0.6) is 17.2 Å². The summed E-state index contributed by atoms with van der Waals surface area (Å²) in [5.74, 6) is -3.01. The van der Waals surface area contributed by atoms with Crippen LogP contribution in [-0.2, 0) is 0 Å². The maximum atomic E-state index is 12.6. The highest BCUT2D eigenvalue weighted by molar-refractivity contribution is 5.98. The van der Waals surface area contributed by atoms with E-state index < -0.39 is 29.1 Å². The minimum absolute atomic E-state index is 0.0321. The topological polar surface area (TPSA) is 103 Å². The zero-order valence-electron chi connectivity index (χ0n) is 15.4. The summed E-state index contributed by atoms with van der Waals surface area (Å²) >= 11 is 0. The highest BCUT2D eigenvalue weighted by Crippen LogP contribution is 2.39. The van der Waals surface area contributed by atoms with Gasteiger partial charge in [-0.05, 0) is 36.4 Å². The number of carbonyl (C=O) groups excluding carboxylic acids is 2. The Morgan fingerprint density at radius 3 is 1.80 bits per heavy atom. The van der Waals surface area contributed by atoms with Gasteiger partial charge in [0.1, 0.15) is 16.7 Å². The molecule has 7 nitrogen and oxygen atoms in total. The second-order valence-electron chi connectivity index (χ2n) is 6.21. The lowest BCUT2D eigenvalue weighted by Crippen LogP contribution is -2.18. The van der Waals surface area contributed by atoms with E-state index in [0.29, 0.717) is 0 Å². The average Bonchev–Trinajstić information content (AvgIpc) is 2.77. The first-order valence-corrected chi connectivity index (χ1v) is 8.88. The standard InChI is InChI=1S/C23H14O7/c24-16-12-7-13-17-18(16)19(29-21(25)14-8-3-1-4-9-14)20(23(27)28-17)30-22(26)15-10-5-2-6-11-15/h1-13,24H. The number of aromatic hydroxyl groups is 1. The van der Waals surface area contributed by atoms with Gasteiger partial charge < -0.3 is 19.0 Å². The van der Waals surface area contributed by atoms with Crippen LogP contribution in [0, 0.1) is 0 Å². The van der Waals surface area contributed by atoms with Gasteiger partial charge >= 0.3 is 17.6 Å². The van der Waals surface area contributed by atoms with E-state index in [1.54, 1.807) is 36.4 Å². The van der Waals surface area contributed by atoms with Gasteiger partial charge in [0, 0.05) is 0 Å². The van der Waals surface area contributed by atoms with Gasteiger partial charge in [0.15, 0.2) is 5.75 Å². The summed E-state index contributed by atoms with van der Waals surface area (Å²) in [7, 11) is 0. The highest BCUT2D eigenvalue weighted by atomic mass is 16.6. The lowest BCUT2D eigenvalue weighted by atomic mass is 10.2. The first kappa shape index (κ1) is 18.9. The SMILES string of the molecule is O=C(Oc1c(OC(=O)c2ccccc2)c2c(O)cccc2oc1=O)c1ccccc1. The minimum Gasteiger partial charge on any atom is -0.507 e. The molecule has 7 heteroatoms. The van der Waals surface area contributed by atoms with Gasteiger partial charge in [-0.15, -0.1) is 0 Å². The van der Waals surface area contributed by atoms with Crippen molar-refractivity contribution in [3.63, 3.8) is 0 Å². The van der Waals surface area contributed by atoms with E-state index >= 15 is 0 Å². The molecule has 0 radical (unpaired) electrons. The third-order valence-corrected chi connectivity index (χ3v) is 4.23. The van der Waals surface area contributed by atoms with Gasteiger partial charge in [0.2, 0.25) is 0 Å². The molecule has 0 fully saturated rings. The number of ether oxygens (including phenoxy) is 2. The first-order valence-electron chi connectivity index (χ1n) is 8.88. The van der Waals surface area contributed by atoms with Crippen LogP contribution < -0.4 is 15.1 Å². The zero-order chi connectivity index (χ0) is 21.1. The van der Waals surface area contributed by atoms with E-state index in [1.165, 1.54) is 42.5 Å². The quantitative estimate of drug-likeness (QED) is 0.407. The van der Waals surface area contributed by atoms with Crippen molar-refractivity contribution in [1.82, 2.24) is 0 Å². The molecule has 0 atom stereocenters. The molecule has 3 aromatic carbocycles. The molecule has 0 unspecified atom stereocenters. The third kappa shape index (κ3) is 3.64. The Labute approximate surface area is 169 Å². The molecule has 0 aliphatic rings. The average molecular weight is 402 g/mol. The molecule has 1 heterocycles. The molecule has 0 aliphatic heterocycles. The summed E-state index contributed by atoms with van der Waals surface area (Å²) in [5, 5.41) is 10.2. The smallest absolute Gasteiger partial charge is 0.383 e. The minimum atomic E-state index is -1.03. The molecule has 0 spiro atoms. The first-order chi connectivity index (χ1) is 14.5. The summed E-state index contributed by atoms with van der Waals surface area (Å²) in [6, 6.07) is 20.2. The Bertz CT molecular complexity index is 1290. The Hall–Kier alpha value is -4.39. The summed E-state index contributed by atoms with van der Waals surface area (Å²) < 4.78 is 15.8. The van der Waals surface area contributed by atoms with Crippen LogP contribution in [-0.4, -0.2) is 17.0 Å². The Morgan fingerprint density at radius 2 is 1.23 bits per heavy atom. The summed E-state index contributed by atoms with van der Waals surface area (Å²) in [5.41, 5.74) is -0.687. The van der Waals surface area contributed by atoms with Crippen LogP contribution in [0.1, 0.15) is 20.7 Å². The number of hydrogen-bond donors (Lipinski definition) is 1. The van der Waals surface area contributed by atoms with Gasteiger partial charge in [0.25, 0.3) is 5.75 Å². The summed E-state index contributed by atoms with van der Waals surface area (Å²) in [6.45, 7) is 0. The van der Waals surface area contributed by atoms with E-state index in [0.717, 1.165) is 0 Å². The van der Waals surface area contributed by atoms with E-state index in [9.17, 15) is 19.5 Å². The molecule has 0 amide bonds. The molecule has 30 heavy (non-hydrogen) atoms. The number of benzene rings is 3. The maximum Gasteiger partial charge on any atom is 0.383 e. The predicted octanol–water partition coefficient (Wildman–Crippen LogP) is 3.94.